The maximum atomic E-state index is 6.46. The summed E-state index contributed by atoms with van der Waals surface area (Å²) in [5.74, 6) is 4.38. The molecular weight excluding hydrogens is 424 g/mol. The summed E-state index contributed by atoms with van der Waals surface area (Å²) in [6.07, 6.45) is 1.54. The Morgan fingerprint density at radius 2 is 1.52 bits per heavy atom. The number of fused-ring (bicyclic) bond motifs is 2. The van der Waals surface area contributed by atoms with E-state index in [2.05, 4.69) is 37.2 Å². The van der Waals surface area contributed by atoms with E-state index in [1.54, 1.807) is 6.33 Å². The second kappa shape index (κ2) is 8.21. The van der Waals surface area contributed by atoms with Crippen LogP contribution in [0.15, 0.2) is 42.7 Å². The molecule has 33 heavy (non-hydrogen) atoms. The largest absolute Gasteiger partial charge is 0.454 e. The van der Waals surface area contributed by atoms with Crippen molar-refractivity contribution in [3.8, 4) is 23.0 Å². The third kappa shape index (κ3) is 3.89. The van der Waals surface area contributed by atoms with Crippen LogP contribution in [-0.2, 0) is 6.54 Å². The van der Waals surface area contributed by atoms with Crippen LogP contribution in [0.1, 0.15) is 5.56 Å². The van der Waals surface area contributed by atoms with E-state index in [0.29, 0.717) is 24.0 Å². The Hall–Kier alpha value is -3.92. The van der Waals surface area contributed by atoms with Crippen LogP contribution in [-0.4, -0.2) is 54.6 Å². The molecule has 0 radical (unpaired) electrons. The average molecular weight is 448 g/mol. The van der Waals surface area contributed by atoms with Crippen molar-refractivity contribution >= 4 is 23.0 Å². The Balaban J connectivity index is 1.11. The average Bonchev–Trinajstić information content (AvgIpc) is 3.50. The summed E-state index contributed by atoms with van der Waals surface area (Å²) >= 11 is 0. The number of nitrogens with two attached hydrogens (primary N) is 1. The normalized spacial score (nSPS) is 16.8. The van der Waals surface area contributed by atoms with Crippen molar-refractivity contribution in [2.75, 3.05) is 55.7 Å². The van der Waals surface area contributed by atoms with Gasteiger partial charge in [0.2, 0.25) is 13.6 Å². The number of anilines is 4. The van der Waals surface area contributed by atoms with E-state index in [1.807, 2.05) is 24.3 Å². The summed E-state index contributed by atoms with van der Waals surface area (Å²) in [5, 5.41) is 3.27. The van der Waals surface area contributed by atoms with E-state index in [9.17, 15) is 0 Å². The Kier molecular flexibility index (Phi) is 4.91. The lowest BCUT2D eigenvalue weighted by Crippen LogP contribution is -2.46. The Morgan fingerprint density at radius 3 is 2.30 bits per heavy atom. The minimum Gasteiger partial charge on any atom is -0.454 e. The highest BCUT2D eigenvalue weighted by molar-refractivity contribution is 5.78. The lowest BCUT2D eigenvalue weighted by Gasteiger charge is -2.36. The highest BCUT2D eigenvalue weighted by atomic mass is 16.7. The van der Waals surface area contributed by atoms with Crippen molar-refractivity contribution in [2.45, 2.75) is 6.54 Å². The molecule has 0 amide bonds. The molecule has 10 nitrogen and oxygen atoms in total. The van der Waals surface area contributed by atoms with E-state index < -0.39 is 0 Å². The molecule has 3 aromatic rings. The molecule has 4 heterocycles. The summed E-state index contributed by atoms with van der Waals surface area (Å²) in [7, 11) is 0. The molecule has 0 atom stereocenters. The molecule has 1 aromatic heterocycles. The van der Waals surface area contributed by atoms with Gasteiger partial charge < -0.3 is 34.9 Å². The fourth-order valence-corrected chi connectivity index (χ4v) is 4.26. The summed E-state index contributed by atoms with van der Waals surface area (Å²) in [5.41, 5.74) is 9.02. The first kappa shape index (κ1) is 19.7. The summed E-state index contributed by atoms with van der Waals surface area (Å²) in [6, 6.07) is 11.8. The molecule has 0 bridgehead atoms. The van der Waals surface area contributed by atoms with Crippen LogP contribution < -0.4 is 34.9 Å². The second-order valence-corrected chi connectivity index (χ2v) is 8.10. The lowest BCUT2D eigenvalue weighted by atomic mass is 10.1. The van der Waals surface area contributed by atoms with Gasteiger partial charge in [0.05, 0.1) is 0 Å². The number of hydrogen-bond acceptors (Lipinski definition) is 10. The van der Waals surface area contributed by atoms with Gasteiger partial charge in [-0.2, -0.15) is 0 Å². The summed E-state index contributed by atoms with van der Waals surface area (Å²) < 4.78 is 21.7. The summed E-state index contributed by atoms with van der Waals surface area (Å²) in [6.45, 7) is 4.86. The maximum absolute atomic E-state index is 6.46. The van der Waals surface area contributed by atoms with Crippen molar-refractivity contribution in [3.63, 3.8) is 0 Å². The minimum atomic E-state index is 0.235. The van der Waals surface area contributed by atoms with Gasteiger partial charge in [-0.25, -0.2) is 9.97 Å². The molecular formula is C23H24N6O4. The van der Waals surface area contributed by atoms with E-state index in [4.69, 9.17) is 24.7 Å². The zero-order valence-electron chi connectivity index (χ0n) is 18.0. The molecule has 0 aliphatic carbocycles. The molecule has 6 rings (SSSR count). The molecule has 0 saturated carbocycles. The first-order valence-electron chi connectivity index (χ1n) is 10.9. The minimum absolute atomic E-state index is 0.235. The number of benzene rings is 2. The van der Waals surface area contributed by atoms with Crippen molar-refractivity contribution < 1.29 is 18.9 Å². The van der Waals surface area contributed by atoms with Gasteiger partial charge in [0.1, 0.15) is 12.0 Å². The second-order valence-electron chi connectivity index (χ2n) is 8.10. The number of nitrogens with zero attached hydrogens (tertiary/aromatic N) is 4. The number of aromatic nitrogens is 2. The monoisotopic (exact) mass is 448 g/mol. The predicted molar refractivity (Wildman–Crippen MR) is 122 cm³/mol. The van der Waals surface area contributed by atoms with Crippen LogP contribution in [0.3, 0.4) is 0 Å². The molecule has 170 valence electrons. The first-order valence-corrected chi connectivity index (χ1v) is 10.9. The van der Waals surface area contributed by atoms with E-state index in [1.165, 1.54) is 5.56 Å². The lowest BCUT2D eigenvalue weighted by molar-refractivity contribution is 0.173. The number of nitrogens with one attached hydrogen (secondary N) is 1. The zero-order chi connectivity index (χ0) is 22.2. The van der Waals surface area contributed by atoms with Gasteiger partial charge in [-0.1, -0.05) is 6.07 Å². The highest BCUT2D eigenvalue weighted by Gasteiger charge is 2.23. The molecule has 0 unspecified atom stereocenters. The molecule has 3 N–H and O–H groups in total. The molecule has 0 spiro atoms. The van der Waals surface area contributed by atoms with Gasteiger partial charge in [-0.05, 0) is 29.8 Å². The number of ether oxygens (including phenoxy) is 4. The Labute approximate surface area is 190 Å². The Morgan fingerprint density at radius 1 is 0.818 bits per heavy atom. The number of nitrogen functional groups attached to an aromatic ring is 1. The molecule has 10 heteroatoms. The van der Waals surface area contributed by atoms with Gasteiger partial charge in [-0.3, -0.25) is 4.90 Å². The first-order chi connectivity index (χ1) is 16.2. The van der Waals surface area contributed by atoms with Crippen LogP contribution >= 0.6 is 0 Å². The van der Waals surface area contributed by atoms with E-state index in [0.717, 1.165) is 61.5 Å². The highest BCUT2D eigenvalue weighted by Crippen LogP contribution is 2.37. The maximum Gasteiger partial charge on any atom is 0.231 e. The van der Waals surface area contributed by atoms with Gasteiger partial charge in [0.25, 0.3) is 0 Å². The van der Waals surface area contributed by atoms with Crippen molar-refractivity contribution in [2.24, 2.45) is 0 Å². The van der Waals surface area contributed by atoms with Gasteiger partial charge in [0.15, 0.2) is 34.6 Å². The van der Waals surface area contributed by atoms with Crippen molar-refractivity contribution in [1.82, 2.24) is 14.9 Å². The third-order valence-electron chi connectivity index (χ3n) is 6.01. The van der Waals surface area contributed by atoms with Crippen LogP contribution in [0.4, 0.5) is 23.0 Å². The van der Waals surface area contributed by atoms with Crippen LogP contribution in [0.25, 0.3) is 0 Å². The van der Waals surface area contributed by atoms with E-state index in [-0.39, 0.29) is 6.79 Å². The standard InChI is InChI=1S/C23H24N6O4/c24-21-22(27-16-2-4-18-20(10-16)33-14-31-18)25-12-26-23(21)29-7-5-28(6-8-29)11-15-1-3-17-19(9-15)32-13-30-17/h1-4,9-10,12H,5-8,11,13-14,24H2,(H,25,26,27). The van der Waals surface area contributed by atoms with Crippen LogP contribution in [0, 0.1) is 0 Å². The van der Waals surface area contributed by atoms with Crippen molar-refractivity contribution in [1.29, 1.82) is 0 Å². The predicted octanol–water partition coefficient (Wildman–Crippen LogP) is 2.58. The smallest absolute Gasteiger partial charge is 0.231 e. The summed E-state index contributed by atoms with van der Waals surface area (Å²) in [4.78, 5) is 13.4. The molecule has 1 saturated heterocycles. The molecule has 3 aliphatic rings. The fourth-order valence-electron chi connectivity index (χ4n) is 4.26. The number of rotatable bonds is 5. The van der Waals surface area contributed by atoms with Crippen molar-refractivity contribution in [3.05, 3.63) is 48.3 Å². The van der Waals surface area contributed by atoms with Gasteiger partial charge in [-0.15, -0.1) is 0 Å². The van der Waals surface area contributed by atoms with Gasteiger partial charge >= 0.3 is 0 Å². The topological polar surface area (TPSA) is 107 Å². The molecule has 3 aliphatic heterocycles. The zero-order valence-corrected chi connectivity index (χ0v) is 18.0. The van der Waals surface area contributed by atoms with Gasteiger partial charge in [0, 0.05) is 44.5 Å². The number of piperazine rings is 1. The van der Waals surface area contributed by atoms with E-state index >= 15 is 0 Å². The third-order valence-corrected chi connectivity index (χ3v) is 6.01. The van der Waals surface area contributed by atoms with Crippen LogP contribution in [0.5, 0.6) is 23.0 Å². The van der Waals surface area contributed by atoms with Crippen LogP contribution in [0.2, 0.25) is 0 Å². The Bertz CT molecular complexity index is 1180. The SMILES string of the molecule is Nc1c(Nc2ccc3c(c2)OCO3)ncnc1N1CCN(Cc2ccc3c(c2)OCO3)CC1. The fraction of sp³-hybridized carbons (Fsp3) is 0.304. The number of hydrogen-bond donors (Lipinski definition) is 2. The quantitative estimate of drug-likeness (QED) is 0.605. The molecule has 1 fully saturated rings. The molecule has 2 aromatic carbocycles.